The molecule has 2 heteroatoms. The maximum absolute atomic E-state index is 8.78. The van der Waals surface area contributed by atoms with Crippen molar-refractivity contribution in [3.63, 3.8) is 0 Å². The van der Waals surface area contributed by atoms with Crippen molar-refractivity contribution < 1.29 is 6.85 Å². The van der Waals surface area contributed by atoms with Gasteiger partial charge in [0.25, 0.3) is 0 Å². The Morgan fingerprint density at radius 3 is 2.29 bits per heavy atom. The van der Waals surface area contributed by atoms with Crippen LogP contribution < -0.4 is 4.40 Å². The molecule has 112 valence electrons. The van der Waals surface area contributed by atoms with E-state index in [9.17, 15) is 0 Å². The van der Waals surface area contributed by atoms with Crippen LogP contribution in [0.5, 0.6) is 0 Å². The Labute approximate surface area is 139 Å². The van der Waals surface area contributed by atoms with Crippen molar-refractivity contribution >= 4 is 17.7 Å². The molecule has 1 aromatic heterocycles. The number of nitrogens with zero attached hydrogens (tertiary/aromatic N) is 1. The van der Waals surface area contributed by atoms with Crippen molar-refractivity contribution in [2.24, 2.45) is 5.41 Å². The molecule has 2 rings (SSSR count). The van der Waals surface area contributed by atoms with Crippen molar-refractivity contribution in [2.45, 2.75) is 44.4 Å². The third-order valence-electron chi connectivity index (χ3n) is 3.12. The number of hydrogen-bond acceptors (Lipinski definition) is 1. The predicted molar refractivity (Wildman–Crippen MR) is 95.8 cm³/mol. The Morgan fingerprint density at radius 2 is 1.76 bits per heavy atom. The second-order valence-electron chi connectivity index (χ2n) is 7.40. The number of hydrogen-bond donors (Lipinski definition) is 0. The van der Waals surface area contributed by atoms with E-state index >= 15 is 0 Å². The van der Waals surface area contributed by atoms with Gasteiger partial charge in [-0.25, -0.2) is 0 Å². The second-order valence-corrected chi connectivity index (χ2v) is 18.0. The zero-order chi connectivity index (χ0) is 20.1. The predicted octanol–water partition coefficient (Wildman–Crippen LogP) is 4.88. The molecular weight excluding hydrogens is 315 g/mol. The summed E-state index contributed by atoms with van der Waals surface area (Å²) in [5.74, 6) is 6.66. The summed E-state index contributed by atoms with van der Waals surface area (Å²) in [7, 11) is 0. The van der Waals surface area contributed by atoms with Gasteiger partial charge >= 0.3 is 139 Å². The molecule has 1 aromatic carbocycles. The molecule has 0 aliphatic heterocycles. The molecular formula is C19H27GeN. The van der Waals surface area contributed by atoms with Crippen LogP contribution in [0.3, 0.4) is 0 Å². The van der Waals surface area contributed by atoms with Gasteiger partial charge in [-0.2, -0.15) is 0 Å². The van der Waals surface area contributed by atoms with Crippen molar-refractivity contribution in [2.75, 3.05) is 0 Å². The van der Waals surface area contributed by atoms with Crippen molar-refractivity contribution in [1.29, 1.82) is 0 Å². The van der Waals surface area contributed by atoms with Gasteiger partial charge in [-0.1, -0.05) is 0 Å². The maximum atomic E-state index is 8.78. The molecule has 0 unspecified atom stereocenters. The van der Waals surface area contributed by atoms with E-state index < -0.39 is 25.1 Å². The number of benzene rings is 1. The molecule has 21 heavy (non-hydrogen) atoms. The molecule has 0 fully saturated rings. The van der Waals surface area contributed by atoms with Gasteiger partial charge < -0.3 is 0 Å². The molecule has 0 bridgehead atoms. The van der Waals surface area contributed by atoms with Gasteiger partial charge in [-0.3, -0.25) is 0 Å². The number of aromatic nitrogens is 1. The minimum atomic E-state index is -2.37. The first-order valence-corrected chi connectivity index (χ1v) is 14.6. The molecule has 0 N–H and O–H groups in total. The molecule has 1 heterocycles. The van der Waals surface area contributed by atoms with Crippen LogP contribution in [0.1, 0.15) is 33.2 Å². The monoisotopic (exact) mass is 348 g/mol. The Hall–Kier alpha value is -1.09. The fourth-order valence-electron chi connectivity index (χ4n) is 2.18. The molecule has 0 aliphatic rings. The van der Waals surface area contributed by atoms with Gasteiger partial charge in [0, 0.05) is 0 Å². The molecule has 0 saturated heterocycles. The quantitative estimate of drug-likeness (QED) is 0.721. The van der Waals surface area contributed by atoms with Crippen molar-refractivity contribution in [3.05, 3.63) is 48.1 Å². The summed E-state index contributed by atoms with van der Waals surface area (Å²) in [4.78, 5) is 4.54. The molecule has 0 amide bonds. The van der Waals surface area contributed by atoms with Crippen LogP contribution in [-0.2, 0) is 6.37 Å². The van der Waals surface area contributed by atoms with Gasteiger partial charge in [0.15, 0.2) is 0 Å². The minimum absolute atomic E-state index is 0.0211. The normalized spacial score (nSPS) is 16.6. The summed E-state index contributed by atoms with van der Waals surface area (Å²) in [6.07, 6.45) is 0.248. The fraction of sp³-hybridized carbons (Fsp3) is 0.421. The molecule has 0 aliphatic carbocycles. The van der Waals surface area contributed by atoms with E-state index in [-0.39, 0.29) is 18.1 Å². The average molecular weight is 347 g/mol. The van der Waals surface area contributed by atoms with E-state index in [0.29, 0.717) is 16.8 Å². The summed E-state index contributed by atoms with van der Waals surface area (Å²) >= 11 is -2.37. The van der Waals surface area contributed by atoms with E-state index in [1.54, 1.807) is 12.3 Å². The van der Waals surface area contributed by atoms with Gasteiger partial charge in [-0.05, 0) is 0 Å². The van der Waals surface area contributed by atoms with Crippen molar-refractivity contribution in [1.82, 2.24) is 4.98 Å². The third-order valence-corrected chi connectivity index (χ3v) is 7.34. The SMILES string of the molecule is [2H]c1cc(-c2cc(C([2H])([2H])C(C)(C)C)[c]([Ge]([CH3])([CH3])[CH3])cn2)cc([2H])c1[2H]. The van der Waals surface area contributed by atoms with E-state index in [2.05, 4.69) is 22.3 Å². The molecule has 0 atom stereocenters. The molecule has 2 aromatic rings. The van der Waals surface area contributed by atoms with Crippen LogP contribution >= 0.6 is 0 Å². The van der Waals surface area contributed by atoms with Crippen LogP contribution in [0, 0.1) is 5.41 Å². The Bertz CT molecular complexity index is 812. The molecule has 0 saturated carbocycles. The molecule has 1 nitrogen and oxygen atoms in total. The summed E-state index contributed by atoms with van der Waals surface area (Å²) in [6, 6.07) is 4.68. The Kier molecular flexibility index (Phi) is 3.01. The fourth-order valence-corrected chi connectivity index (χ4v) is 5.10. The van der Waals surface area contributed by atoms with Gasteiger partial charge in [0.05, 0.1) is 0 Å². The van der Waals surface area contributed by atoms with Gasteiger partial charge in [0.2, 0.25) is 0 Å². The van der Waals surface area contributed by atoms with Crippen LogP contribution in [0.25, 0.3) is 11.3 Å². The van der Waals surface area contributed by atoms with Crippen LogP contribution in [0.4, 0.5) is 0 Å². The van der Waals surface area contributed by atoms with Crippen molar-refractivity contribution in [3.8, 4) is 11.3 Å². The first kappa shape index (κ1) is 10.6. The second kappa shape index (κ2) is 5.96. The molecule has 0 spiro atoms. The van der Waals surface area contributed by atoms with Crippen LogP contribution in [0.15, 0.2) is 42.5 Å². The summed E-state index contributed by atoms with van der Waals surface area (Å²) < 4.78 is 42.0. The van der Waals surface area contributed by atoms with E-state index in [4.69, 9.17) is 6.85 Å². The Morgan fingerprint density at radius 1 is 1.14 bits per heavy atom. The standard InChI is InChI=1S/C19H27GeN/c1-19(2,3)13-16-12-18(15-10-8-7-9-11-15)21-14-17(16)20(4,5)6/h7-12,14H,13H2,1-6H3/i7D,8D,9D,13D2. The third kappa shape index (κ3) is 4.44. The van der Waals surface area contributed by atoms with E-state index in [1.807, 2.05) is 20.8 Å². The first-order chi connectivity index (χ1) is 11.7. The zero-order valence-electron chi connectivity index (χ0n) is 18.8. The van der Waals surface area contributed by atoms with E-state index in [1.165, 1.54) is 12.1 Å². The zero-order valence-corrected chi connectivity index (χ0v) is 15.9. The summed E-state index contributed by atoms with van der Waals surface area (Å²) in [5, 5.41) is 0. The summed E-state index contributed by atoms with van der Waals surface area (Å²) in [6.45, 7) is 5.68. The van der Waals surface area contributed by atoms with Gasteiger partial charge in [0.1, 0.15) is 0 Å². The molecule has 0 radical (unpaired) electrons. The van der Waals surface area contributed by atoms with Gasteiger partial charge in [-0.15, -0.1) is 0 Å². The Balaban J connectivity index is 2.76. The summed E-state index contributed by atoms with van der Waals surface area (Å²) in [5.41, 5.74) is 1.20. The topological polar surface area (TPSA) is 12.9 Å². The van der Waals surface area contributed by atoms with Crippen LogP contribution in [-0.4, -0.2) is 18.3 Å². The number of rotatable bonds is 3. The first-order valence-electron chi connectivity index (χ1n) is 9.75. The van der Waals surface area contributed by atoms with Crippen LogP contribution in [0.2, 0.25) is 17.3 Å². The average Bonchev–Trinajstić information content (AvgIpc) is 2.49. The number of pyridine rings is 1. The van der Waals surface area contributed by atoms with E-state index in [0.717, 1.165) is 4.40 Å².